The lowest BCUT2D eigenvalue weighted by molar-refractivity contribution is 0.239. The smallest absolute Gasteiger partial charge is 0.314 e. The molecule has 29 heavy (non-hydrogen) atoms. The van der Waals surface area contributed by atoms with Crippen molar-refractivity contribution in [1.82, 2.24) is 15.6 Å². The molecule has 1 aromatic carbocycles. The molecule has 0 unspecified atom stereocenters. The van der Waals surface area contributed by atoms with E-state index in [2.05, 4.69) is 62.3 Å². The van der Waals surface area contributed by atoms with Crippen molar-refractivity contribution in [2.45, 2.75) is 25.7 Å². The molecular formula is C23H28N4OS. The van der Waals surface area contributed by atoms with E-state index in [1.165, 1.54) is 34.2 Å². The number of thiophene rings is 1. The molecule has 1 fully saturated rings. The molecule has 0 spiro atoms. The maximum absolute atomic E-state index is 12.1. The van der Waals surface area contributed by atoms with Crippen molar-refractivity contribution < 1.29 is 4.79 Å². The number of amides is 2. The molecule has 3 aromatic rings. The van der Waals surface area contributed by atoms with Crippen LogP contribution in [-0.4, -0.2) is 37.2 Å². The Hall–Kier alpha value is -2.60. The lowest BCUT2D eigenvalue weighted by Gasteiger charge is -2.33. The number of aromatic nitrogens is 1. The number of fused-ring (bicyclic) bond motifs is 1. The first-order valence-corrected chi connectivity index (χ1v) is 11.3. The molecule has 4 rings (SSSR count). The molecule has 1 aliphatic heterocycles. The largest absolute Gasteiger partial charge is 0.371 e. The number of nitrogens with zero attached hydrogens (tertiary/aromatic N) is 2. The molecule has 152 valence electrons. The summed E-state index contributed by atoms with van der Waals surface area (Å²) in [7, 11) is 0. The van der Waals surface area contributed by atoms with Gasteiger partial charge in [-0.05, 0) is 66.1 Å². The summed E-state index contributed by atoms with van der Waals surface area (Å²) in [5.74, 6) is 0.686. The molecule has 0 aliphatic carbocycles. The number of pyridine rings is 1. The van der Waals surface area contributed by atoms with Crippen LogP contribution in [0.4, 0.5) is 10.5 Å². The summed E-state index contributed by atoms with van der Waals surface area (Å²) in [5, 5.41) is 9.51. The van der Waals surface area contributed by atoms with Gasteiger partial charge in [-0.15, -0.1) is 11.3 Å². The predicted octanol–water partition coefficient (Wildman–Crippen LogP) is 4.44. The summed E-state index contributed by atoms with van der Waals surface area (Å²) in [4.78, 5) is 18.6. The van der Waals surface area contributed by atoms with E-state index in [0.29, 0.717) is 12.5 Å². The van der Waals surface area contributed by atoms with E-state index in [1.807, 2.05) is 12.4 Å². The molecule has 2 aromatic heterocycles. The van der Waals surface area contributed by atoms with Gasteiger partial charge in [0, 0.05) is 49.0 Å². The minimum Gasteiger partial charge on any atom is -0.371 e. The molecule has 0 saturated carbocycles. The number of rotatable bonds is 7. The number of anilines is 1. The third-order valence-corrected chi connectivity index (χ3v) is 6.73. The van der Waals surface area contributed by atoms with Crippen LogP contribution in [0.2, 0.25) is 0 Å². The second kappa shape index (κ2) is 9.74. The van der Waals surface area contributed by atoms with Gasteiger partial charge in [-0.25, -0.2) is 4.79 Å². The van der Waals surface area contributed by atoms with Gasteiger partial charge in [-0.1, -0.05) is 18.2 Å². The highest BCUT2D eigenvalue weighted by atomic mass is 32.1. The topological polar surface area (TPSA) is 57.3 Å². The number of piperidine rings is 1. The van der Waals surface area contributed by atoms with Crippen molar-refractivity contribution in [1.29, 1.82) is 0 Å². The van der Waals surface area contributed by atoms with Crippen LogP contribution in [0.25, 0.3) is 10.1 Å². The van der Waals surface area contributed by atoms with Gasteiger partial charge in [-0.3, -0.25) is 4.98 Å². The summed E-state index contributed by atoms with van der Waals surface area (Å²) in [6.45, 7) is 3.56. The van der Waals surface area contributed by atoms with E-state index in [9.17, 15) is 4.79 Å². The SMILES string of the molecule is O=C(NCCc1csc2ccccc12)NCCC1CCN(c2ccncc2)CC1. The minimum atomic E-state index is -0.0567. The number of nitrogens with one attached hydrogen (secondary N) is 2. The van der Waals surface area contributed by atoms with Crippen molar-refractivity contribution >= 4 is 33.1 Å². The average molecular weight is 409 g/mol. The zero-order valence-corrected chi connectivity index (χ0v) is 17.5. The fraction of sp³-hybridized carbons (Fsp3) is 0.391. The van der Waals surface area contributed by atoms with Gasteiger partial charge in [-0.2, -0.15) is 0 Å². The Morgan fingerprint density at radius 3 is 2.66 bits per heavy atom. The molecule has 0 radical (unpaired) electrons. The van der Waals surface area contributed by atoms with E-state index in [4.69, 9.17) is 0 Å². The van der Waals surface area contributed by atoms with Crippen molar-refractivity contribution in [2.75, 3.05) is 31.1 Å². The number of urea groups is 1. The van der Waals surface area contributed by atoms with Crippen LogP contribution < -0.4 is 15.5 Å². The second-order valence-corrected chi connectivity index (χ2v) is 8.53. The summed E-state index contributed by atoms with van der Waals surface area (Å²) in [5.41, 5.74) is 2.57. The highest BCUT2D eigenvalue weighted by Gasteiger charge is 2.19. The normalized spacial score (nSPS) is 14.8. The Labute approximate surface area is 176 Å². The van der Waals surface area contributed by atoms with Crippen LogP contribution in [-0.2, 0) is 6.42 Å². The Morgan fingerprint density at radius 2 is 1.83 bits per heavy atom. The molecule has 0 atom stereocenters. The van der Waals surface area contributed by atoms with Crippen LogP contribution >= 0.6 is 11.3 Å². The molecular weight excluding hydrogens is 380 g/mol. The van der Waals surface area contributed by atoms with E-state index < -0.39 is 0 Å². The predicted molar refractivity (Wildman–Crippen MR) is 121 cm³/mol. The molecule has 6 heteroatoms. The maximum Gasteiger partial charge on any atom is 0.314 e. The van der Waals surface area contributed by atoms with E-state index in [-0.39, 0.29) is 6.03 Å². The van der Waals surface area contributed by atoms with E-state index in [1.54, 1.807) is 11.3 Å². The van der Waals surface area contributed by atoms with Gasteiger partial charge in [0.05, 0.1) is 0 Å². The molecule has 1 aliphatic rings. The number of carbonyl (C=O) groups excluding carboxylic acids is 1. The van der Waals surface area contributed by atoms with Crippen molar-refractivity contribution in [3.8, 4) is 0 Å². The fourth-order valence-electron chi connectivity index (χ4n) is 4.02. The minimum absolute atomic E-state index is 0.0567. The first-order chi connectivity index (χ1) is 14.3. The molecule has 0 bridgehead atoms. The molecule has 2 N–H and O–H groups in total. The Bertz CT molecular complexity index is 919. The lowest BCUT2D eigenvalue weighted by Crippen LogP contribution is -2.39. The van der Waals surface area contributed by atoms with E-state index in [0.717, 1.165) is 32.5 Å². The standard InChI is InChI=1S/C23H28N4OS/c28-23(26-14-6-19-17-29-22-4-2-1-3-21(19)22)25-13-5-18-9-15-27(16-10-18)20-7-11-24-12-8-20/h1-4,7-8,11-12,17-18H,5-6,9-10,13-16H2,(H2,25,26,28). The number of benzene rings is 1. The van der Waals surface area contributed by atoms with Gasteiger partial charge in [0.1, 0.15) is 0 Å². The lowest BCUT2D eigenvalue weighted by atomic mass is 9.93. The first-order valence-electron chi connectivity index (χ1n) is 10.4. The van der Waals surface area contributed by atoms with Gasteiger partial charge >= 0.3 is 6.03 Å². The van der Waals surface area contributed by atoms with Crippen LogP contribution in [0.1, 0.15) is 24.8 Å². The molecule has 5 nitrogen and oxygen atoms in total. The van der Waals surface area contributed by atoms with Crippen molar-refractivity contribution in [3.05, 3.63) is 59.7 Å². The maximum atomic E-state index is 12.1. The monoisotopic (exact) mass is 408 g/mol. The van der Waals surface area contributed by atoms with Gasteiger partial charge < -0.3 is 15.5 Å². The Kier molecular flexibility index (Phi) is 6.62. The molecule has 1 saturated heterocycles. The quantitative estimate of drug-likeness (QED) is 0.607. The van der Waals surface area contributed by atoms with Crippen molar-refractivity contribution in [3.63, 3.8) is 0 Å². The highest BCUT2D eigenvalue weighted by Crippen LogP contribution is 2.26. The van der Waals surface area contributed by atoms with Crippen molar-refractivity contribution in [2.24, 2.45) is 5.92 Å². The third kappa shape index (κ3) is 5.26. The Morgan fingerprint density at radius 1 is 1.07 bits per heavy atom. The average Bonchev–Trinajstić information content (AvgIpc) is 3.18. The summed E-state index contributed by atoms with van der Waals surface area (Å²) >= 11 is 1.77. The van der Waals surface area contributed by atoms with E-state index >= 15 is 0 Å². The highest BCUT2D eigenvalue weighted by molar-refractivity contribution is 7.17. The summed E-state index contributed by atoms with van der Waals surface area (Å²) < 4.78 is 1.31. The number of carbonyl (C=O) groups is 1. The number of hydrogen-bond acceptors (Lipinski definition) is 4. The molecule has 3 heterocycles. The van der Waals surface area contributed by atoms with Gasteiger partial charge in [0.2, 0.25) is 0 Å². The summed E-state index contributed by atoms with van der Waals surface area (Å²) in [6.07, 6.45) is 7.97. The van der Waals surface area contributed by atoms with Crippen LogP contribution in [0.3, 0.4) is 0 Å². The Balaban J connectivity index is 1.11. The summed E-state index contributed by atoms with van der Waals surface area (Å²) in [6, 6.07) is 12.5. The second-order valence-electron chi connectivity index (χ2n) is 7.61. The van der Waals surface area contributed by atoms with Gasteiger partial charge in [0.15, 0.2) is 0 Å². The molecule has 2 amide bonds. The first kappa shape index (κ1) is 19.7. The zero-order valence-electron chi connectivity index (χ0n) is 16.6. The zero-order chi connectivity index (χ0) is 19.9. The van der Waals surface area contributed by atoms with Crippen LogP contribution in [0.15, 0.2) is 54.2 Å². The van der Waals surface area contributed by atoms with Crippen LogP contribution in [0, 0.1) is 5.92 Å². The van der Waals surface area contributed by atoms with Crippen LogP contribution in [0.5, 0.6) is 0 Å². The number of hydrogen-bond donors (Lipinski definition) is 2. The third-order valence-electron chi connectivity index (χ3n) is 5.72. The van der Waals surface area contributed by atoms with Gasteiger partial charge in [0.25, 0.3) is 0 Å². The fourth-order valence-corrected chi connectivity index (χ4v) is 5.02.